The Morgan fingerprint density at radius 2 is 1.85 bits per heavy atom. The Morgan fingerprint density at radius 1 is 1.23 bits per heavy atom. The van der Waals surface area contributed by atoms with E-state index in [1.165, 1.54) is 25.9 Å². The van der Waals surface area contributed by atoms with Crippen LogP contribution in [0.5, 0.6) is 0 Å². The maximum atomic E-state index is 2.56. The Balaban J connectivity index is 1.95. The molecule has 1 heteroatoms. The molecule has 1 saturated carbocycles. The lowest BCUT2D eigenvalue weighted by molar-refractivity contribution is 0.0266. The van der Waals surface area contributed by atoms with Gasteiger partial charge in [0.25, 0.3) is 0 Å². The van der Waals surface area contributed by atoms with Crippen molar-refractivity contribution in [3.63, 3.8) is 0 Å². The molecule has 0 N–H and O–H groups in total. The first-order valence-electron chi connectivity index (χ1n) is 5.61. The predicted molar refractivity (Wildman–Crippen MR) is 54.4 cm³/mol. The molecule has 2 unspecified atom stereocenters. The number of hydrogen-bond donors (Lipinski definition) is 0. The van der Waals surface area contributed by atoms with Crippen LogP contribution in [0.4, 0.5) is 0 Å². The van der Waals surface area contributed by atoms with Crippen molar-refractivity contribution < 1.29 is 0 Å². The van der Waals surface area contributed by atoms with Gasteiger partial charge >= 0.3 is 0 Å². The number of nitrogens with zero attached hydrogens (tertiary/aromatic N) is 1. The summed E-state index contributed by atoms with van der Waals surface area (Å²) in [6.07, 6.45) is 5.51. The second-order valence-electron chi connectivity index (χ2n) is 5.41. The van der Waals surface area contributed by atoms with Crippen LogP contribution in [0, 0.1) is 23.7 Å². The molecule has 2 fully saturated rings. The lowest BCUT2D eigenvalue weighted by Crippen LogP contribution is -2.51. The van der Waals surface area contributed by atoms with Crippen molar-refractivity contribution >= 4 is 0 Å². The molecule has 72 valence electrons. The first-order chi connectivity index (χ1) is 6.24. The molecule has 0 aromatic heterocycles. The van der Waals surface area contributed by atoms with Crippen molar-refractivity contribution in [3.8, 4) is 0 Å². The SMILES string of the molecule is CC1=CC2CC3CN(C)CC(C2)C13. The van der Waals surface area contributed by atoms with Crippen molar-refractivity contribution in [2.24, 2.45) is 23.7 Å². The topological polar surface area (TPSA) is 3.24 Å². The van der Waals surface area contributed by atoms with E-state index in [0.717, 1.165) is 23.7 Å². The Hall–Kier alpha value is -0.300. The quantitative estimate of drug-likeness (QED) is 0.512. The minimum atomic E-state index is 0.939. The molecule has 0 amide bonds. The summed E-state index contributed by atoms with van der Waals surface area (Å²) < 4.78 is 0. The average molecular weight is 177 g/mol. The summed E-state index contributed by atoms with van der Waals surface area (Å²) >= 11 is 0. The molecule has 4 rings (SSSR count). The van der Waals surface area contributed by atoms with Crippen molar-refractivity contribution in [3.05, 3.63) is 11.6 Å². The normalized spacial score (nSPS) is 49.2. The molecule has 0 aromatic carbocycles. The number of piperidine rings is 1. The summed E-state index contributed by atoms with van der Waals surface area (Å²) in [6, 6.07) is 0. The van der Waals surface area contributed by atoms with Gasteiger partial charge in [-0.15, -0.1) is 0 Å². The molecule has 1 heterocycles. The van der Waals surface area contributed by atoms with Crippen LogP contribution in [-0.2, 0) is 0 Å². The van der Waals surface area contributed by atoms with Crippen molar-refractivity contribution in [2.75, 3.05) is 20.1 Å². The van der Waals surface area contributed by atoms with Crippen LogP contribution >= 0.6 is 0 Å². The largest absolute Gasteiger partial charge is 0.306 e. The molecule has 13 heavy (non-hydrogen) atoms. The third-order valence-corrected chi connectivity index (χ3v) is 4.34. The molecular weight excluding hydrogens is 158 g/mol. The Labute approximate surface area is 80.8 Å². The number of likely N-dealkylation sites (tertiary alicyclic amines) is 1. The minimum Gasteiger partial charge on any atom is -0.306 e. The Morgan fingerprint density at radius 3 is 2.38 bits per heavy atom. The standard InChI is InChI=1S/C12H19N/c1-8-3-9-4-10-6-13(2)7-11(5-9)12(8)10/h3,9-12H,4-7H2,1-2H3. The van der Waals surface area contributed by atoms with Crippen molar-refractivity contribution in [2.45, 2.75) is 19.8 Å². The summed E-state index contributed by atoms with van der Waals surface area (Å²) in [4.78, 5) is 2.54. The molecule has 1 aliphatic heterocycles. The van der Waals surface area contributed by atoms with E-state index in [1.807, 2.05) is 0 Å². The summed E-state index contributed by atoms with van der Waals surface area (Å²) in [5, 5.41) is 0. The second-order valence-corrected chi connectivity index (χ2v) is 5.41. The number of hydrogen-bond acceptors (Lipinski definition) is 1. The summed E-state index contributed by atoms with van der Waals surface area (Å²) in [5.74, 6) is 3.88. The van der Waals surface area contributed by atoms with Crippen LogP contribution in [0.2, 0.25) is 0 Å². The van der Waals surface area contributed by atoms with Gasteiger partial charge in [0.1, 0.15) is 0 Å². The van der Waals surface area contributed by atoms with Gasteiger partial charge in [0.2, 0.25) is 0 Å². The third-order valence-electron chi connectivity index (χ3n) is 4.34. The van der Waals surface area contributed by atoms with E-state index >= 15 is 0 Å². The third kappa shape index (κ3) is 1.10. The van der Waals surface area contributed by atoms with Crippen LogP contribution in [0.15, 0.2) is 11.6 Å². The Bertz CT molecular complexity index is 240. The smallest absolute Gasteiger partial charge is 0.00128 e. The molecular formula is C12H19N. The zero-order chi connectivity index (χ0) is 9.00. The highest BCUT2D eigenvalue weighted by Gasteiger charge is 2.44. The predicted octanol–water partition coefficient (Wildman–Crippen LogP) is 2.15. The summed E-state index contributed by atoms with van der Waals surface area (Å²) in [5.41, 5.74) is 1.71. The van der Waals surface area contributed by atoms with Crippen LogP contribution in [-0.4, -0.2) is 25.0 Å². The molecule has 3 aliphatic carbocycles. The van der Waals surface area contributed by atoms with Crippen molar-refractivity contribution in [1.29, 1.82) is 0 Å². The molecule has 0 spiro atoms. The van der Waals surface area contributed by atoms with Gasteiger partial charge in [-0.3, -0.25) is 0 Å². The molecule has 2 atom stereocenters. The van der Waals surface area contributed by atoms with Gasteiger partial charge in [-0.25, -0.2) is 0 Å². The van der Waals surface area contributed by atoms with Gasteiger partial charge in [0.15, 0.2) is 0 Å². The van der Waals surface area contributed by atoms with Gasteiger partial charge in [-0.2, -0.15) is 0 Å². The first-order valence-corrected chi connectivity index (χ1v) is 5.61. The molecule has 4 bridgehead atoms. The first kappa shape index (κ1) is 8.05. The fourth-order valence-corrected chi connectivity index (χ4v) is 4.17. The van der Waals surface area contributed by atoms with E-state index in [0.29, 0.717) is 0 Å². The average Bonchev–Trinajstić information content (AvgIpc) is 2.00. The fraction of sp³-hybridized carbons (Fsp3) is 0.833. The van der Waals surface area contributed by atoms with E-state index in [2.05, 4.69) is 24.9 Å². The second kappa shape index (κ2) is 2.60. The van der Waals surface area contributed by atoms with Gasteiger partial charge in [-0.05, 0) is 50.5 Å². The Kier molecular flexibility index (Phi) is 1.61. The molecule has 1 nitrogen and oxygen atoms in total. The zero-order valence-electron chi connectivity index (χ0n) is 8.66. The van der Waals surface area contributed by atoms with Crippen LogP contribution in [0.25, 0.3) is 0 Å². The fourth-order valence-electron chi connectivity index (χ4n) is 4.17. The molecule has 4 aliphatic rings. The van der Waals surface area contributed by atoms with Crippen molar-refractivity contribution in [1.82, 2.24) is 4.90 Å². The van der Waals surface area contributed by atoms with E-state index in [4.69, 9.17) is 0 Å². The van der Waals surface area contributed by atoms with Crippen LogP contribution < -0.4 is 0 Å². The van der Waals surface area contributed by atoms with Gasteiger partial charge < -0.3 is 4.90 Å². The van der Waals surface area contributed by atoms with E-state index in [9.17, 15) is 0 Å². The number of allylic oxidation sites excluding steroid dienone is 2. The lowest BCUT2D eigenvalue weighted by atomic mass is 9.58. The molecule has 0 radical (unpaired) electrons. The number of rotatable bonds is 0. The maximum absolute atomic E-state index is 2.56. The molecule has 0 aromatic rings. The highest BCUT2D eigenvalue weighted by Crippen LogP contribution is 2.50. The van der Waals surface area contributed by atoms with E-state index in [-0.39, 0.29) is 0 Å². The van der Waals surface area contributed by atoms with Crippen LogP contribution in [0.1, 0.15) is 19.8 Å². The summed E-state index contributed by atoms with van der Waals surface area (Å²) in [6.45, 7) is 5.06. The van der Waals surface area contributed by atoms with E-state index in [1.54, 1.807) is 5.57 Å². The van der Waals surface area contributed by atoms with E-state index < -0.39 is 0 Å². The maximum Gasteiger partial charge on any atom is 0.00128 e. The lowest BCUT2D eigenvalue weighted by Gasteiger charge is -2.52. The minimum absolute atomic E-state index is 0.939. The monoisotopic (exact) mass is 177 g/mol. The zero-order valence-corrected chi connectivity index (χ0v) is 8.66. The highest BCUT2D eigenvalue weighted by molar-refractivity contribution is 5.19. The van der Waals surface area contributed by atoms with Crippen LogP contribution in [0.3, 0.4) is 0 Å². The highest BCUT2D eigenvalue weighted by atomic mass is 15.1. The van der Waals surface area contributed by atoms with Gasteiger partial charge in [-0.1, -0.05) is 11.6 Å². The molecule has 1 saturated heterocycles. The van der Waals surface area contributed by atoms with Gasteiger partial charge in [0, 0.05) is 13.1 Å². The van der Waals surface area contributed by atoms with Gasteiger partial charge in [0.05, 0.1) is 0 Å². The summed E-state index contributed by atoms with van der Waals surface area (Å²) in [7, 11) is 2.29.